The van der Waals surface area contributed by atoms with Crippen LogP contribution in [0.2, 0.25) is 0 Å². The minimum absolute atomic E-state index is 0.183. The molecule has 0 spiro atoms. The zero-order valence-electron chi connectivity index (χ0n) is 19.0. The zero-order valence-corrected chi connectivity index (χ0v) is 19.0. The van der Waals surface area contributed by atoms with Gasteiger partial charge in [-0.15, -0.1) is 0 Å². The van der Waals surface area contributed by atoms with Crippen LogP contribution in [0.15, 0.2) is 0 Å². The second-order valence-electron chi connectivity index (χ2n) is 11.6. The van der Waals surface area contributed by atoms with Gasteiger partial charge in [-0.1, -0.05) is 13.8 Å². The molecule has 2 unspecified atom stereocenters. The van der Waals surface area contributed by atoms with Crippen LogP contribution in [0.5, 0.6) is 0 Å². The molecule has 0 aromatic rings. The molecule has 0 aliphatic heterocycles. The molecule has 29 heavy (non-hydrogen) atoms. The normalized spacial score (nSPS) is 49.1. The Morgan fingerprint density at radius 2 is 1.72 bits per heavy atom. The first-order valence-corrected chi connectivity index (χ1v) is 12.1. The fourth-order valence-corrected chi connectivity index (χ4v) is 8.30. The smallest absolute Gasteiger partial charge is 0.307 e. The Morgan fingerprint density at radius 3 is 2.48 bits per heavy atom. The van der Waals surface area contributed by atoms with Gasteiger partial charge in [-0.25, -0.2) is 0 Å². The number of rotatable bonds is 5. The highest BCUT2D eigenvalue weighted by molar-refractivity contribution is 5.69. The maximum absolute atomic E-state index is 11.3. The van der Waals surface area contributed by atoms with Gasteiger partial charge in [0.2, 0.25) is 0 Å². The van der Waals surface area contributed by atoms with Crippen LogP contribution < -0.4 is 0 Å². The first-order chi connectivity index (χ1) is 13.7. The summed E-state index contributed by atoms with van der Waals surface area (Å²) in [6.07, 6.45) is 11.5. The molecular formula is C25H42O4. The number of ether oxygens (including phenoxy) is 2. The minimum atomic E-state index is -0.444. The molecule has 0 radical (unpaired) electrons. The van der Waals surface area contributed by atoms with Crippen molar-refractivity contribution in [3.63, 3.8) is 0 Å². The summed E-state index contributed by atoms with van der Waals surface area (Å²) in [5.41, 5.74) is 0.386. The van der Waals surface area contributed by atoms with Gasteiger partial charge in [0.05, 0.1) is 25.7 Å². The van der Waals surface area contributed by atoms with Crippen molar-refractivity contribution in [1.82, 2.24) is 0 Å². The van der Waals surface area contributed by atoms with Crippen LogP contribution in [0, 0.1) is 40.4 Å². The molecule has 0 bridgehead atoms. The van der Waals surface area contributed by atoms with E-state index in [-0.39, 0.29) is 5.97 Å². The lowest BCUT2D eigenvalue weighted by molar-refractivity contribution is -0.149. The predicted molar refractivity (Wildman–Crippen MR) is 113 cm³/mol. The minimum Gasteiger partial charge on any atom is -0.469 e. The van der Waals surface area contributed by atoms with E-state index in [4.69, 9.17) is 9.47 Å². The van der Waals surface area contributed by atoms with Gasteiger partial charge in [-0.3, -0.25) is 4.79 Å². The molecule has 8 atom stereocenters. The van der Waals surface area contributed by atoms with Crippen LogP contribution >= 0.6 is 0 Å². The van der Waals surface area contributed by atoms with E-state index in [0.29, 0.717) is 35.7 Å². The van der Waals surface area contributed by atoms with Crippen LogP contribution in [0.25, 0.3) is 0 Å². The highest BCUT2D eigenvalue weighted by atomic mass is 16.5. The van der Waals surface area contributed by atoms with Gasteiger partial charge >= 0.3 is 5.97 Å². The molecule has 166 valence electrons. The Balaban J connectivity index is 1.41. The van der Waals surface area contributed by atoms with Crippen LogP contribution in [-0.4, -0.2) is 37.0 Å². The molecule has 4 saturated carbocycles. The van der Waals surface area contributed by atoms with E-state index < -0.39 is 5.60 Å². The van der Waals surface area contributed by atoms with Crippen molar-refractivity contribution in [2.45, 2.75) is 90.6 Å². The van der Waals surface area contributed by atoms with Crippen molar-refractivity contribution in [3.05, 3.63) is 0 Å². The Hall–Kier alpha value is -0.610. The lowest BCUT2D eigenvalue weighted by atomic mass is 9.44. The number of aliphatic hydroxyl groups is 1. The molecule has 0 heterocycles. The van der Waals surface area contributed by atoms with Gasteiger partial charge in [-0.2, -0.15) is 0 Å². The van der Waals surface area contributed by atoms with Crippen molar-refractivity contribution >= 4 is 5.97 Å². The van der Waals surface area contributed by atoms with E-state index in [1.54, 1.807) is 0 Å². The number of methoxy groups -OCH3 is 1. The third-order valence-electron chi connectivity index (χ3n) is 10.1. The van der Waals surface area contributed by atoms with E-state index >= 15 is 0 Å². The standard InChI is InChI=1S/C25H42O4/c1-23(27)12-13-25(3)17(15-23)5-7-19-20-8-6-18(16-29-14-10-22(26)28-4)24(20,2)11-9-21(19)25/h17-21,27H,5-16H2,1-4H3/t17-,18?,19-,20-,21-,23-,24+,25?/m0/s1. The maximum Gasteiger partial charge on any atom is 0.307 e. The summed E-state index contributed by atoms with van der Waals surface area (Å²) >= 11 is 0. The zero-order chi connectivity index (χ0) is 20.9. The van der Waals surface area contributed by atoms with E-state index in [1.807, 2.05) is 0 Å². The van der Waals surface area contributed by atoms with Gasteiger partial charge in [0.15, 0.2) is 0 Å². The second-order valence-corrected chi connectivity index (χ2v) is 11.6. The predicted octanol–water partition coefficient (Wildman–Crippen LogP) is 4.98. The summed E-state index contributed by atoms with van der Waals surface area (Å²) in [6.45, 7) is 8.43. The number of hydrogen-bond donors (Lipinski definition) is 1. The Morgan fingerprint density at radius 1 is 0.966 bits per heavy atom. The Kier molecular flexibility index (Phi) is 5.83. The average Bonchev–Trinajstić information content (AvgIpc) is 3.02. The summed E-state index contributed by atoms with van der Waals surface area (Å²) in [7, 11) is 1.44. The lowest BCUT2D eigenvalue weighted by Crippen LogP contribution is -2.55. The fraction of sp³-hybridized carbons (Fsp3) is 0.960. The van der Waals surface area contributed by atoms with Gasteiger partial charge in [0, 0.05) is 6.61 Å². The molecule has 4 nitrogen and oxygen atoms in total. The van der Waals surface area contributed by atoms with E-state index in [9.17, 15) is 9.90 Å². The molecule has 4 aliphatic rings. The molecular weight excluding hydrogens is 364 g/mol. The largest absolute Gasteiger partial charge is 0.469 e. The first kappa shape index (κ1) is 21.6. The number of carbonyl (C=O) groups excluding carboxylic acids is 1. The Labute approximate surface area is 177 Å². The third-order valence-corrected chi connectivity index (χ3v) is 10.1. The molecule has 1 N–H and O–H groups in total. The summed E-state index contributed by atoms with van der Waals surface area (Å²) in [5.74, 6) is 3.68. The third kappa shape index (κ3) is 3.78. The van der Waals surface area contributed by atoms with Crippen molar-refractivity contribution in [2.75, 3.05) is 20.3 Å². The molecule has 0 aromatic heterocycles. The molecule has 4 rings (SSSR count). The van der Waals surface area contributed by atoms with Crippen LogP contribution in [0.1, 0.15) is 85.0 Å². The lowest BCUT2D eigenvalue weighted by Gasteiger charge is -2.62. The van der Waals surface area contributed by atoms with Crippen molar-refractivity contribution in [2.24, 2.45) is 40.4 Å². The summed E-state index contributed by atoms with van der Waals surface area (Å²) in [4.78, 5) is 11.3. The molecule has 4 heteroatoms. The first-order valence-electron chi connectivity index (χ1n) is 12.1. The van der Waals surface area contributed by atoms with Crippen molar-refractivity contribution < 1.29 is 19.4 Å². The van der Waals surface area contributed by atoms with Gasteiger partial charge in [0.25, 0.3) is 0 Å². The number of esters is 1. The highest BCUT2D eigenvalue weighted by Gasteiger charge is 2.60. The van der Waals surface area contributed by atoms with Crippen LogP contribution in [0.4, 0.5) is 0 Å². The van der Waals surface area contributed by atoms with E-state index in [2.05, 4.69) is 20.8 Å². The van der Waals surface area contributed by atoms with E-state index in [1.165, 1.54) is 52.1 Å². The molecule has 4 aliphatic carbocycles. The van der Waals surface area contributed by atoms with Crippen molar-refractivity contribution in [1.29, 1.82) is 0 Å². The molecule has 4 fully saturated rings. The SMILES string of the molecule is COC(=O)CCOCC1CC[C@H]2[C@@H]3CC[C@H]4C[C@@](C)(O)CCC4(C)[C@H]3CC[C@]12C. The number of fused-ring (bicyclic) bond motifs is 5. The van der Waals surface area contributed by atoms with Crippen LogP contribution in [0.3, 0.4) is 0 Å². The van der Waals surface area contributed by atoms with Crippen molar-refractivity contribution in [3.8, 4) is 0 Å². The second kappa shape index (κ2) is 7.82. The Bertz CT molecular complexity index is 616. The van der Waals surface area contributed by atoms with Gasteiger partial charge in [-0.05, 0) is 105 Å². The summed E-state index contributed by atoms with van der Waals surface area (Å²) in [6, 6.07) is 0. The topological polar surface area (TPSA) is 55.8 Å². The van der Waals surface area contributed by atoms with Gasteiger partial charge < -0.3 is 14.6 Å². The number of carbonyl (C=O) groups is 1. The quantitative estimate of drug-likeness (QED) is 0.517. The number of hydrogen-bond acceptors (Lipinski definition) is 4. The maximum atomic E-state index is 11.3. The average molecular weight is 407 g/mol. The monoisotopic (exact) mass is 406 g/mol. The summed E-state index contributed by atoms with van der Waals surface area (Å²) < 4.78 is 10.7. The molecule has 0 aromatic carbocycles. The fourth-order valence-electron chi connectivity index (χ4n) is 8.30. The van der Waals surface area contributed by atoms with Crippen LogP contribution in [-0.2, 0) is 14.3 Å². The molecule has 0 amide bonds. The molecule has 0 saturated heterocycles. The summed E-state index contributed by atoms with van der Waals surface area (Å²) in [5, 5.41) is 10.7. The van der Waals surface area contributed by atoms with Gasteiger partial charge in [0.1, 0.15) is 0 Å². The highest BCUT2D eigenvalue weighted by Crippen LogP contribution is 2.67. The van der Waals surface area contributed by atoms with E-state index in [0.717, 1.165) is 37.2 Å².